The molecule has 0 unspecified atom stereocenters. The van der Waals surface area contributed by atoms with Gasteiger partial charge >= 0.3 is 6.03 Å². The Labute approximate surface area is 141 Å². The number of aryl methyl sites for hydroxylation is 1. The summed E-state index contributed by atoms with van der Waals surface area (Å²) in [5.41, 5.74) is 2.80. The Kier molecular flexibility index (Phi) is 5.88. The van der Waals surface area contributed by atoms with E-state index in [4.69, 9.17) is 16.3 Å². The zero-order valence-electron chi connectivity index (χ0n) is 13.5. The summed E-state index contributed by atoms with van der Waals surface area (Å²) in [6.45, 7) is 4.02. The van der Waals surface area contributed by atoms with Crippen molar-refractivity contribution in [2.24, 2.45) is 0 Å². The molecule has 1 atom stereocenters. The van der Waals surface area contributed by atoms with Crippen LogP contribution in [-0.4, -0.2) is 13.1 Å². The van der Waals surface area contributed by atoms with Gasteiger partial charge in [0.15, 0.2) is 0 Å². The zero-order chi connectivity index (χ0) is 16.8. The van der Waals surface area contributed by atoms with E-state index in [-0.39, 0.29) is 12.1 Å². The highest BCUT2D eigenvalue weighted by atomic mass is 35.5. The summed E-state index contributed by atoms with van der Waals surface area (Å²) < 4.78 is 5.27. The summed E-state index contributed by atoms with van der Waals surface area (Å²) in [6, 6.07) is 12.6. The van der Waals surface area contributed by atoms with Gasteiger partial charge in [-0.15, -0.1) is 0 Å². The van der Waals surface area contributed by atoms with Crippen LogP contribution < -0.4 is 15.4 Å². The van der Waals surface area contributed by atoms with E-state index in [1.807, 2.05) is 32.0 Å². The number of nitrogens with one attached hydrogen (secondary N) is 2. The number of urea groups is 1. The lowest BCUT2D eigenvalue weighted by molar-refractivity contribution is 0.248. The van der Waals surface area contributed by atoms with Gasteiger partial charge in [0.25, 0.3) is 0 Å². The number of hydrogen-bond acceptors (Lipinski definition) is 2. The molecule has 0 aliphatic rings. The second-order valence-corrected chi connectivity index (χ2v) is 5.73. The molecule has 0 saturated carbocycles. The summed E-state index contributed by atoms with van der Waals surface area (Å²) in [7, 11) is 1.65. The molecule has 2 N–H and O–H groups in total. The molecule has 0 spiro atoms. The number of amides is 2. The molecule has 5 heteroatoms. The van der Waals surface area contributed by atoms with Crippen LogP contribution in [0.5, 0.6) is 5.75 Å². The maximum atomic E-state index is 12.2. The van der Waals surface area contributed by atoms with E-state index in [9.17, 15) is 4.79 Å². The van der Waals surface area contributed by atoms with Crippen molar-refractivity contribution in [2.75, 3.05) is 12.4 Å². The predicted octanol–water partition coefficient (Wildman–Crippen LogP) is 4.93. The number of anilines is 1. The van der Waals surface area contributed by atoms with E-state index in [1.54, 1.807) is 31.4 Å². The molecule has 0 aliphatic heterocycles. The van der Waals surface area contributed by atoms with Crippen molar-refractivity contribution in [1.82, 2.24) is 5.32 Å². The molecule has 0 fully saturated rings. The fourth-order valence-corrected chi connectivity index (χ4v) is 2.52. The van der Waals surface area contributed by atoms with E-state index in [1.165, 1.54) is 0 Å². The molecule has 0 heterocycles. The molecule has 0 radical (unpaired) electrons. The van der Waals surface area contributed by atoms with Crippen LogP contribution in [-0.2, 0) is 0 Å². The first-order chi connectivity index (χ1) is 11.0. The summed E-state index contributed by atoms with van der Waals surface area (Å²) in [4.78, 5) is 12.2. The fourth-order valence-electron chi connectivity index (χ4n) is 2.40. The Hall–Kier alpha value is -2.20. The second-order valence-electron chi connectivity index (χ2n) is 5.30. The molecule has 2 rings (SSSR count). The van der Waals surface area contributed by atoms with E-state index in [2.05, 4.69) is 10.6 Å². The molecule has 0 bridgehead atoms. The summed E-state index contributed by atoms with van der Waals surface area (Å²) >= 11 is 5.84. The van der Waals surface area contributed by atoms with Gasteiger partial charge in [-0.05, 0) is 54.8 Å². The average Bonchev–Trinajstić information content (AvgIpc) is 2.54. The van der Waals surface area contributed by atoms with Gasteiger partial charge in [-0.2, -0.15) is 0 Å². The minimum Gasteiger partial charge on any atom is -0.496 e. The molecule has 2 amide bonds. The Morgan fingerprint density at radius 1 is 1.22 bits per heavy atom. The first-order valence-electron chi connectivity index (χ1n) is 7.51. The average molecular weight is 333 g/mol. The van der Waals surface area contributed by atoms with Crippen LogP contribution in [0, 0.1) is 6.92 Å². The molecule has 23 heavy (non-hydrogen) atoms. The van der Waals surface area contributed by atoms with E-state index in [0.29, 0.717) is 10.7 Å². The van der Waals surface area contributed by atoms with Gasteiger partial charge in [0.2, 0.25) is 0 Å². The third-order valence-corrected chi connectivity index (χ3v) is 3.89. The molecule has 0 saturated heterocycles. The summed E-state index contributed by atoms with van der Waals surface area (Å²) in [5, 5.41) is 6.43. The molecule has 4 nitrogen and oxygen atoms in total. The number of halogens is 1. The van der Waals surface area contributed by atoms with Gasteiger partial charge in [-0.3, -0.25) is 0 Å². The van der Waals surface area contributed by atoms with Crippen LogP contribution in [0.1, 0.15) is 30.5 Å². The summed E-state index contributed by atoms with van der Waals surface area (Å²) in [5.74, 6) is 0.842. The lowest BCUT2D eigenvalue weighted by Crippen LogP contribution is -2.32. The Morgan fingerprint density at radius 2 is 1.91 bits per heavy atom. The highest BCUT2D eigenvalue weighted by Gasteiger charge is 2.14. The maximum Gasteiger partial charge on any atom is 0.319 e. The van der Waals surface area contributed by atoms with Gasteiger partial charge in [-0.25, -0.2) is 4.79 Å². The van der Waals surface area contributed by atoms with E-state index in [0.717, 1.165) is 23.3 Å². The zero-order valence-corrected chi connectivity index (χ0v) is 14.3. The van der Waals surface area contributed by atoms with E-state index >= 15 is 0 Å². The Bertz CT molecular complexity index is 671. The summed E-state index contributed by atoms with van der Waals surface area (Å²) in [6.07, 6.45) is 0.791. The first kappa shape index (κ1) is 17.2. The molecule has 2 aromatic carbocycles. The van der Waals surface area contributed by atoms with Gasteiger partial charge in [-0.1, -0.05) is 30.7 Å². The Balaban J connectivity index is 2.05. The molecule has 0 aromatic heterocycles. The normalized spacial score (nSPS) is 11.7. The number of rotatable bonds is 5. The van der Waals surface area contributed by atoms with Crippen LogP contribution >= 0.6 is 11.6 Å². The van der Waals surface area contributed by atoms with Crippen molar-refractivity contribution in [3.8, 4) is 5.75 Å². The number of ether oxygens (including phenoxy) is 1. The van der Waals surface area contributed by atoms with Crippen molar-refractivity contribution >= 4 is 23.3 Å². The van der Waals surface area contributed by atoms with E-state index < -0.39 is 0 Å². The predicted molar refractivity (Wildman–Crippen MR) is 94.4 cm³/mol. The quantitative estimate of drug-likeness (QED) is 0.815. The second kappa shape index (κ2) is 7.88. The van der Waals surface area contributed by atoms with Crippen LogP contribution in [0.4, 0.5) is 10.5 Å². The molecule has 2 aromatic rings. The highest BCUT2D eigenvalue weighted by Crippen LogP contribution is 2.24. The lowest BCUT2D eigenvalue weighted by Gasteiger charge is -2.19. The van der Waals surface area contributed by atoms with Gasteiger partial charge in [0.05, 0.1) is 13.2 Å². The van der Waals surface area contributed by atoms with Crippen molar-refractivity contribution in [1.29, 1.82) is 0 Å². The largest absolute Gasteiger partial charge is 0.496 e. The van der Waals surface area contributed by atoms with Crippen molar-refractivity contribution < 1.29 is 9.53 Å². The van der Waals surface area contributed by atoms with Gasteiger partial charge in [0.1, 0.15) is 5.75 Å². The van der Waals surface area contributed by atoms with Crippen LogP contribution in [0.3, 0.4) is 0 Å². The SMILES string of the molecule is CC[C@H](NC(=O)Nc1ccc(Cl)cc1)c1ccc(OC)c(C)c1. The van der Waals surface area contributed by atoms with Crippen molar-refractivity contribution in [2.45, 2.75) is 26.3 Å². The number of carbonyl (C=O) groups excluding carboxylic acids is 1. The van der Waals surface area contributed by atoms with Gasteiger partial charge < -0.3 is 15.4 Å². The molecular formula is C18H21ClN2O2. The van der Waals surface area contributed by atoms with Crippen LogP contribution in [0.25, 0.3) is 0 Å². The smallest absolute Gasteiger partial charge is 0.319 e. The lowest BCUT2D eigenvalue weighted by atomic mass is 10.0. The topological polar surface area (TPSA) is 50.4 Å². The monoisotopic (exact) mass is 332 g/mol. The maximum absolute atomic E-state index is 12.2. The highest BCUT2D eigenvalue weighted by molar-refractivity contribution is 6.30. The first-order valence-corrected chi connectivity index (χ1v) is 7.89. The number of methoxy groups -OCH3 is 1. The van der Waals surface area contributed by atoms with Crippen LogP contribution in [0.2, 0.25) is 5.02 Å². The molecular weight excluding hydrogens is 312 g/mol. The molecule has 122 valence electrons. The fraction of sp³-hybridized carbons (Fsp3) is 0.278. The minimum atomic E-state index is -0.243. The standard InChI is InChI=1S/C18H21ClN2O2/c1-4-16(13-5-10-17(23-3)12(2)11-13)21-18(22)20-15-8-6-14(19)7-9-15/h5-11,16H,4H2,1-3H3,(H2,20,21,22)/t16-/m0/s1. The Morgan fingerprint density at radius 3 is 2.48 bits per heavy atom. The van der Waals surface area contributed by atoms with Crippen LogP contribution in [0.15, 0.2) is 42.5 Å². The number of carbonyl (C=O) groups is 1. The van der Waals surface area contributed by atoms with Gasteiger partial charge in [0, 0.05) is 10.7 Å². The third kappa shape index (κ3) is 4.63. The minimum absolute atomic E-state index is 0.0630. The number of benzene rings is 2. The third-order valence-electron chi connectivity index (χ3n) is 3.64. The van der Waals surface area contributed by atoms with Crippen molar-refractivity contribution in [3.05, 3.63) is 58.6 Å². The van der Waals surface area contributed by atoms with Crippen molar-refractivity contribution in [3.63, 3.8) is 0 Å². The molecule has 0 aliphatic carbocycles. The number of hydrogen-bond donors (Lipinski definition) is 2.